The Labute approximate surface area is 260 Å². The summed E-state index contributed by atoms with van der Waals surface area (Å²) in [5.41, 5.74) is -6.50. The van der Waals surface area contributed by atoms with E-state index in [4.69, 9.17) is 38.6 Å². The molecule has 1 unspecified atom stereocenters. The van der Waals surface area contributed by atoms with E-state index in [9.17, 15) is 19.2 Å². The van der Waals surface area contributed by atoms with Gasteiger partial charge in [0.2, 0.25) is 17.6 Å². The summed E-state index contributed by atoms with van der Waals surface area (Å²) in [7, 11) is 0. The zero-order valence-corrected chi connectivity index (χ0v) is 20.4. The normalized spacial score (nSPS) is 41.3. The number of nitrogens with one attached hydrogen (secondary N) is 3. The largest absolute Gasteiger partial charge is 0.363 e. The lowest BCUT2D eigenvalue weighted by Gasteiger charge is -2.39. The number of hydrogen-bond donors (Lipinski definition) is 4. The number of hydrogen-bond acceptors (Lipinski definition) is 5. The monoisotopic (exact) mass is 558 g/mol. The van der Waals surface area contributed by atoms with E-state index < -0.39 is 137 Å². The Morgan fingerprint density at radius 1 is 1.05 bits per heavy atom. The number of primary amides is 1. The van der Waals surface area contributed by atoms with Crippen LogP contribution in [0.15, 0.2) is 0 Å². The van der Waals surface area contributed by atoms with Crippen molar-refractivity contribution >= 4 is 29.5 Å². The number of amides is 5. The lowest BCUT2D eigenvalue weighted by atomic mass is 9.72. The zero-order valence-electron chi connectivity index (χ0n) is 44.4. The molecule has 5 atom stereocenters. The summed E-state index contributed by atoms with van der Waals surface area (Å²) in [5, 5.41) is 4.70. The standard InChI is InChI=1S/C28H47N5O5/c1-14-10-15(11-14)12-17(20(34)22(29)35)30-23(36)19-18-16(28(18,8)9)13-33(19)24(37)21(26(2,3)4)31-25(38)32-27(5,6)7/h14-19,21H,10-13H2,1-9H3,(H2,29,35)(H,30,36)(H2,31,32,38)/t14?,15?,16-,17-,18?,19-,21+/m0/s1/i2D3,3D3,4D3,5D3,6D3,7D3,8D3,9D3. The van der Waals surface area contributed by atoms with Gasteiger partial charge in [0.25, 0.3) is 5.91 Å². The number of piperidine rings is 1. The van der Waals surface area contributed by atoms with E-state index in [1.165, 1.54) is 10.6 Å². The number of nitrogens with two attached hydrogens (primary N) is 1. The summed E-state index contributed by atoms with van der Waals surface area (Å²) < 4.78 is 194. The molecule has 1 saturated heterocycles. The molecule has 5 amide bonds. The quantitative estimate of drug-likeness (QED) is 0.336. The third kappa shape index (κ3) is 6.31. The first-order chi connectivity index (χ1) is 27.2. The van der Waals surface area contributed by atoms with Gasteiger partial charge in [-0.05, 0) is 74.3 Å². The van der Waals surface area contributed by atoms with E-state index in [0.717, 1.165) is 0 Å². The highest BCUT2D eigenvalue weighted by Crippen LogP contribution is 2.65. The average Bonchev–Trinajstić information content (AvgIpc) is 3.52. The van der Waals surface area contributed by atoms with E-state index >= 15 is 4.79 Å². The molecule has 2 aliphatic carbocycles. The smallest absolute Gasteiger partial charge is 0.315 e. The minimum atomic E-state index is -4.55. The summed E-state index contributed by atoms with van der Waals surface area (Å²) in [5.74, 6) is -10.7. The molecule has 3 rings (SSSR count). The van der Waals surface area contributed by atoms with E-state index in [-0.39, 0.29) is 23.2 Å². The minimum absolute atomic E-state index is 0.149. The summed E-state index contributed by atoms with van der Waals surface area (Å²) in [4.78, 5) is 68.5. The van der Waals surface area contributed by atoms with E-state index in [1.807, 2.05) is 6.92 Å². The molecule has 3 aliphatic rings. The van der Waals surface area contributed by atoms with Crippen molar-refractivity contribution in [1.82, 2.24) is 20.9 Å². The highest BCUT2D eigenvalue weighted by atomic mass is 16.2. The van der Waals surface area contributed by atoms with Crippen LogP contribution in [0.3, 0.4) is 0 Å². The van der Waals surface area contributed by atoms with Crippen LogP contribution in [0.4, 0.5) is 4.79 Å². The maximum atomic E-state index is 15.0. The fraction of sp³-hybridized carbons (Fsp3) is 0.821. The molecule has 0 aromatic carbocycles. The molecule has 0 aromatic rings. The number of urea groups is 1. The maximum absolute atomic E-state index is 15.0. The molecule has 5 N–H and O–H groups in total. The van der Waals surface area contributed by atoms with E-state index in [1.54, 1.807) is 0 Å². The Bertz CT molecular complexity index is 1680. The Morgan fingerprint density at radius 2 is 1.71 bits per heavy atom. The third-order valence-corrected chi connectivity index (χ3v) is 7.23. The summed E-state index contributed by atoms with van der Waals surface area (Å²) in [6.07, 6.45) is 0.711. The molecule has 2 saturated carbocycles. The highest BCUT2D eigenvalue weighted by molar-refractivity contribution is 6.37. The van der Waals surface area contributed by atoms with E-state index in [2.05, 4.69) is 5.32 Å². The molecule has 0 aromatic heterocycles. The summed E-state index contributed by atoms with van der Waals surface area (Å²) >= 11 is 0. The Morgan fingerprint density at radius 3 is 2.24 bits per heavy atom. The molecular formula is C28H47N5O5. The average molecular weight is 558 g/mol. The first-order valence-corrected chi connectivity index (χ1v) is 11.8. The van der Waals surface area contributed by atoms with Gasteiger partial charge in [0, 0.05) is 45.0 Å². The van der Waals surface area contributed by atoms with Gasteiger partial charge in [-0.1, -0.05) is 41.2 Å². The Kier molecular flexibility index (Phi) is 2.96. The summed E-state index contributed by atoms with van der Waals surface area (Å²) in [6.45, 7) is -32.4. The molecule has 38 heavy (non-hydrogen) atoms. The SMILES string of the molecule is [2H]C([2H])([2H])C1(C([2H])([2H])[2H])C2[C@@H](C(=O)N[C@@H](CC3CC(C)C3)C(=O)C(N)=O)N(C(=O)[C@@H](NC(=O)NC(C([2H])([2H])[2H])(C([2H])([2H])[2H])C([2H])([2H])[2H])C(C([2H])([2H])[2H])(C([2H])([2H])[2H])C([2H])([2H])[2H])C[C@@H]21. The van der Waals surface area contributed by atoms with Crippen molar-refractivity contribution < 1.29 is 56.9 Å². The predicted molar refractivity (Wildman–Crippen MR) is 144 cm³/mol. The van der Waals surface area contributed by atoms with Crippen molar-refractivity contribution in [1.29, 1.82) is 0 Å². The molecule has 10 nitrogen and oxygen atoms in total. The molecule has 0 bridgehead atoms. The van der Waals surface area contributed by atoms with Crippen molar-refractivity contribution in [2.24, 2.45) is 40.2 Å². The second kappa shape index (κ2) is 10.2. The number of carbonyl (C=O) groups is 5. The predicted octanol–water partition coefficient (Wildman–Crippen LogP) is 1.96. The number of likely N-dealkylation sites (tertiary alicyclic amines) is 1. The van der Waals surface area contributed by atoms with Gasteiger partial charge >= 0.3 is 6.03 Å². The maximum Gasteiger partial charge on any atom is 0.315 e. The first kappa shape index (κ1) is 11.1. The fourth-order valence-electron chi connectivity index (χ4n) is 5.38. The molecule has 0 spiro atoms. The summed E-state index contributed by atoms with van der Waals surface area (Å²) in [6, 6.07) is -10.4. The van der Waals surface area contributed by atoms with Gasteiger partial charge in [-0.15, -0.1) is 0 Å². The van der Waals surface area contributed by atoms with Crippen molar-refractivity contribution in [2.45, 2.75) is 105 Å². The van der Waals surface area contributed by atoms with Gasteiger partial charge in [0.1, 0.15) is 12.1 Å². The topological polar surface area (TPSA) is 151 Å². The molecule has 214 valence electrons. The van der Waals surface area contributed by atoms with Gasteiger partial charge in [-0.2, -0.15) is 0 Å². The number of nitrogens with zero attached hydrogens (tertiary/aromatic N) is 1. The third-order valence-electron chi connectivity index (χ3n) is 7.23. The van der Waals surface area contributed by atoms with Crippen molar-refractivity contribution in [3.8, 4) is 0 Å². The number of fused-ring (bicyclic) bond motifs is 1. The minimum Gasteiger partial charge on any atom is -0.363 e. The van der Waals surface area contributed by atoms with Gasteiger partial charge in [0.15, 0.2) is 0 Å². The van der Waals surface area contributed by atoms with Crippen LogP contribution in [-0.2, 0) is 19.2 Å². The van der Waals surface area contributed by atoms with Crippen LogP contribution < -0.4 is 21.7 Å². The zero-order chi connectivity index (χ0) is 49.0. The Hall–Kier alpha value is -2.65. The lowest BCUT2D eigenvalue weighted by Crippen LogP contribution is -2.62. The lowest BCUT2D eigenvalue weighted by molar-refractivity contribution is -0.145. The molecule has 1 aliphatic heterocycles. The van der Waals surface area contributed by atoms with Gasteiger partial charge < -0.3 is 26.6 Å². The van der Waals surface area contributed by atoms with Crippen LogP contribution in [-0.4, -0.2) is 64.6 Å². The van der Waals surface area contributed by atoms with Crippen LogP contribution in [0.25, 0.3) is 0 Å². The van der Waals surface area contributed by atoms with Crippen LogP contribution in [0, 0.1) is 34.5 Å². The highest BCUT2D eigenvalue weighted by Gasteiger charge is 2.70. The number of ketones is 1. The van der Waals surface area contributed by atoms with Gasteiger partial charge in [-0.3, -0.25) is 19.2 Å². The van der Waals surface area contributed by atoms with Crippen LogP contribution in [0.1, 0.15) is 114 Å². The first-order valence-electron chi connectivity index (χ1n) is 23.8. The number of rotatable bonds is 8. The number of Topliss-reactive ketones (excluding diaryl/α,β-unsaturated/α-hetero) is 1. The van der Waals surface area contributed by atoms with E-state index in [0.29, 0.717) is 12.8 Å². The molecular weight excluding hydrogens is 486 g/mol. The van der Waals surface area contributed by atoms with Crippen molar-refractivity contribution in [3.05, 3.63) is 0 Å². The molecule has 0 radical (unpaired) electrons. The fourth-order valence-corrected chi connectivity index (χ4v) is 5.38. The number of carbonyl (C=O) groups excluding carboxylic acids is 5. The van der Waals surface area contributed by atoms with Crippen LogP contribution in [0.5, 0.6) is 0 Å². The molecule has 3 fully saturated rings. The Balaban J connectivity index is 2.40. The van der Waals surface area contributed by atoms with Crippen LogP contribution >= 0.6 is 0 Å². The van der Waals surface area contributed by atoms with Gasteiger partial charge in [0.05, 0.1) is 6.04 Å². The van der Waals surface area contributed by atoms with Gasteiger partial charge in [-0.25, -0.2) is 4.79 Å². The second-order valence-electron chi connectivity index (χ2n) is 10.5. The van der Waals surface area contributed by atoms with Crippen molar-refractivity contribution in [3.63, 3.8) is 0 Å². The van der Waals surface area contributed by atoms with Crippen LogP contribution in [0.2, 0.25) is 0 Å². The van der Waals surface area contributed by atoms with Crippen molar-refractivity contribution in [2.75, 3.05) is 6.54 Å². The molecule has 1 heterocycles. The molecule has 10 heteroatoms. The second-order valence-corrected chi connectivity index (χ2v) is 10.5.